The second-order valence-corrected chi connectivity index (χ2v) is 9.73. The van der Waals surface area contributed by atoms with Gasteiger partial charge in [0.15, 0.2) is 0 Å². The maximum absolute atomic E-state index is 12.7. The summed E-state index contributed by atoms with van der Waals surface area (Å²) in [4.78, 5) is 34.8. The van der Waals surface area contributed by atoms with Crippen molar-refractivity contribution in [3.63, 3.8) is 0 Å². The first-order valence-electron chi connectivity index (χ1n) is 9.37. The maximum atomic E-state index is 12.7. The van der Waals surface area contributed by atoms with Crippen LogP contribution >= 0.6 is 11.3 Å². The van der Waals surface area contributed by atoms with Crippen LogP contribution in [-0.4, -0.2) is 25.2 Å². The van der Waals surface area contributed by atoms with Gasteiger partial charge in [-0.15, -0.1) is 11.3 Å². The van der Waals surface area contributed by atoms with E-state index >= 15 is 0 Å². The highest BCUT2D eigenvalue weighted by molar-refractivity contribution is 7.91. The number of nitro benzene ring substituents is 1. The summed E-state index contributed by atoms with van der Waals surface area (Å²) in [6.07, 6.45) is 0.0168. The minimum atomic E-state index is -3.87. The van der Waals surface area contributed by atoms with Gasteiger partial charge < -0.3 is 10.6 Å². The SMILES string of the molecule is CC(=O)NC(CC(=O)Nc1ccc(S(=O)(=O)c2ccc([N+](=O)[O-])cc2)cc1)c1cccs1. The molecule has 0 saturated heterocycles. The lowest BCUT2D eigenvalue weighted by atomic mass is 10.1. The van der Waals surface area contributed by atoms with E-state index < -0.39 is 20.8 Å². The first kappa shape index (κ1) is 23.1. The molecule has 1 atom stereocenters. The zero-order valence-electron chi connectivity index (χ0n) is 16.8. The number of thiophene rings is 1. The van der Waals surface area contributed by atoms with Crippen LogP contribution in [0.4, 0.5) is 11.4 Å². The van der Waals surface area contributed by atoms with E-state index in [1.807, 2.05) is 17.5 Å². The Hall–Kier alpha value is -3.57. The molecule has 2 amide bonds. The molecule has 2 aromatic carbocycles. The Balaban J connectivity index is 1.70. The van der Waals surface area contributed by atoms with Crippen molar-refractivity contribution < 1.29 is 22.9 Å². The zero-order chi connectivity index (χ0) is 23.3. The van der Waals surface area contributed by atoms with E-state index in [-0.39, 0.29) is 33.7 Å². The largest absolute Gasteiger partial charge is 0.348 e. The summed E-state index contributed by atoms with van der Waals surface area (Å²) in [6, 6.07) is 13.4. The molecule has 9 nitrogen and oxygen atoms in total. The quantitative estimate of drug-likeness (QED) is 0.378. The van der Waals surface area contributed by atoms with Crippen LogP contribution in [0.2, 0.25) is 0 Å². The number of nitrogens with one attached hydrogen (secondary N) is 2. The predicted octanol–water partition coefficient (Wildman–Crippen LogP) is 3.70. The van der Waals surface area contributed by atoms with Gasteiger partial charge in [0, 0.05) is 29.6 Å². The number of hydrogen-bond acceptors (Lipinski definition) is 7. The highest BCUT2D eigenvalue weighted by Gasteiger charge is 2.20. The number of nitrogens with zero attached hydrogens (tertiary/aromatic N) is 1. The summed E-state index contributed by atoms with van der Waals surface area (Å²) in [7, 11) is -3.87. The van der Waals surface area contributed by atoms with Crippen LogP contribution in [0, 0.1) is 10.1 Å². The van der Waals surface area contributed by atoms with Gasteiger partial charge in [0.25, 0.3) is 5.69 Å². The van der Waals surface area contributed by atoms with Gasteiger partial charge in [-0.3, -0.25) is 19.7 Å². The molecule has 32 heavy (non-hydrogen) atoms. The van der Waals surface area contributed by atoms with Crippen molar-refractivity contribution in [2.24, 2.45) is 0 Å². The lowest BCUT2D eigenvalue weighted by Gasteiger charge is -2.16. The maximum Gasteiger partial charge on any atom is 0.269 e. The lowest BCUT2D eigenvalue weighted by molar-refractivity contribution is -0.384. The van der Waals surface area contributed by atoms with Crippen molar-refractivity contribution in [3.05, 3.63) is 81.0 Å². The smallest absolute Gasteiger partial charge is 0.269 e. The average molecular weight is 474 g/mol. The van der Waals surface area contributed by atoms with Gasteiger partial charge in [-0.1, -0.05) is 6.07 Å². The van der Waals surface area contributed by atoms with Crippen molar-refractivity contribution in [3.8, 4) is 0 Å². The van der Waals surface area contributed by atoms with E-state index in [9.17, 15) is 28.1 Å². The summed E-state index contributed by atoms with van der Waals surface area (Å²) < 4.78 is 25.5. The van der Waals surface area contributed by atoms with Gasteiger partial charge in [-0.05, 0) is 47.8 Å². The molecule has 3 aromatic rings. The van der Waals surface area contributed by atoms with Crippen molar-refractivity contribution >= 4 is 44.4 Å². The zero-order valence-corrected chi connectivity index (χ0v) is 18.5. The molecule has 1 aromatic heterocycles. The predicted molar refractivity (Wildman–Crippen MR) is 119 cm³/mol. The summed E-state index contributed by atoms with van der Waals surface area (Å²) in [5, 5.41) is 18.0. The lowest BCUT2D eigenvalue weighted by Crippen LogP contribution is -2.29. The standard InChI is InChI=1S/C21H19N3O6S2/c1-14(25)22-19(20-3-2-12-31-20)13-21(26)23-15-4-8-17(9-5-15)32(29,30)18-10-6-16(7-11-18)24(27)28/h2-12,19H,13H2,1H3,(H,22,25)(H,23,26). The Morgan fingerprint density at radius 1 is 1.03 bits per heavy atom. The van der Waals surface area contributed by atoms with Gasteiger partial charge in [0.2, 0.25) is 21.7 Å². The van der Waals surface area contributed by atoms with Crippen molar-refractivity contribution in [1.29, 1.82) is 0 Å². The van der Waals surface area contributed by atoms with Crippen LogP contribution in [0.25, 0.3) is 0 Å². The fourth-order valence-corrected chi connectivity index (χ4v) is 4.99. The number of hydrogen-bond donors (Lipinski definition) is 2. The highest BCUT2D eigenvalue weighted by Crippen LogP contribution is 2.25. The monoisotopic (exact) mass is 473 g/mol. The van der Waals surface area contributed by atoms with Crippen LogP contribution in [-0.2, 0) is 19.4 Å². The molecule has 0 bridgehead atoms. The molecule has 0 radical (unpaired) electrons. The third-order valence-electron chi connectivity index (χ3n) is 4.46. The van der Waals surface area contributed by atoms with Crippen LogP contribution in [0.1, 0.15) is 24.3 Å². The number of rotatable bonds is 8. The molecule has 0 aliphatic carbocycles. The van der Waals surface area contributed by atoms with Gasteiger partial charge >= 0.3 is 0 Å². The number of non-ortho nitro benzene ring substituents is 1. The number of carbonyl (C=O) groups excluding carboxylic acids is 2. The van der Waals surface area contributed by atoms with E-state index in [1.165, 1.54) is 54.7 Å². The van der Waals surface area contributed by atoms with Crippen LogP contribution < -0.4 is 10.6 Å². The van der Waals surface area contributed by atoms with Gasteiger partial charge in [-0.2, -0.15) is 0 Å². The summed E-state index contributed by atoms with van der Waals surface area (Å²) in [5.41, 5.74) is 0.188. The Labute approximate surface area is 188 Å². The Morgan fingerprint density at radius 3 is 2.12 bits per heavy atom. The number of carbonyl (C=O) groups is 2. The van der Waals surface area contributed by atoms with Gasteiger partial charge in [0.05, 0.1) is 27.2 Å². The molecule has 1 heterocycles. The number of amides is 2. The third kappa shape index (κ3) is 5.56. The van der Waals surface area contributed by atoms with Crippen molar-refractivity contribution in [2.45, 2.75) is 29.2 Å². The third-order valence-corrected chi connectivity index (χ3v) is 7.23. The van der Waals surface area contributed by atoms with E-state index in [2.05, 4.69) is 10.6 Å². The molecule has 0 aliphatic heterocycles. The molecule has 3 rings (SSSR count). The first-order valence-corrected chi connectivity index (χ1v) is 11.7. The molecule has 11 heteroatoms. The second kappa shape index (κ2) is 9.71. The van der Waals surface area contributed by atoms with Crippen LogP contribution in [0.15, 0.2) is 75.8 Å². The minimum absolute atomic E-state index is 0.0148. The first-order chi connectivity index (χ1) is 15.2. The van der Waals surface area contributed by atoms with Crippen molar-refractivity contribution in [2.75, 3.05) is 5.32 Å². The van der Waals surface area contributed by atoms with Crippen LogP contribution in [0.5, 0.6) is 0 Å². The Morgan fingerprint density at radius 2 is 1.62 bits per heavy atom. The normalized spacial score (nSPS) is 12.0. The summed E-state index contributed by atoms with van der Waals surface area (Å²) in [6.45, 7) is 1.38. The Kier molecular flexibility index (Phi) is 7.01. The fourth-order valence-electron chi connectivity index (χ4n) is 2.96. The number of sulfone groups is 1. The molecule has 166 valence electrons. The van der Waals surface area contributed by atoms with E-state index in [0.717, 1.165) is 17.0 Å². The molecule has 2 N–H and O–H groups in total. The van der Waals surface area contributed by atoms with Crippen molar-refractivity contribution in [1.82, 2.24) is 5.32 Å². The molecule has 1 unspecified atom stereocenters. The summed E-state index contributed by atoms with van der Waals surface area (Å²) >= 11 is 1.43. The second-order valence-electron chi connectivity index (χ2n) is 6.80. The van der Waals surface area contributed by atoms with Crippen LogP contribution in [0.3, 0.4) is 0 Å². The number of nitro groups is 1. The number of anilines is 1. The minimum Gasteiger partial charge on any atom is -0.348 e. The Bertz CT molecular complexity index is 1220. The molecule has 0 spiro atoms. The van der Waals surface area contributed by atoms with Gasteiger partial charge in [-0.25, -0.2) is 8.42 Å². The van der Waals surface area contributed by atoms with E-state index in [0.29, 0.717) is 5.69 Å². The molecular weight excluding hydrogens is 454 g/mol. The molecule has 0 saturated carbocycles. The molecule has 0 aliphatic rings. The molecule has 0 fully saturated rings. The highest BCUT2D eigenvalue weighted by atomic mass is 32.2. The van der Waals surface area contributed by atoms with E-state index in [1.54, 1.807) is 0 Å². The van der Waals surface area contributed by atoms with E-state index in [4.69, 9.17) is 0 Å². The number of benzene rings is 2. The topological polar surface area (TPSA) is 135 Å². The molecular formula is C21H19N3O6S2. The van der Waals surface area contributed by atoms with Gasteiger partial charge in [0.1, 0.15) is 0 Å². The fraction of sp³-hybridized carbons (Fsp3) is 0.143. The average Bonchev–Trinajstić information content (AvgIpc) is 3.28. The summed E-state index contributed by atoms with van der Waals surface area (Å²) in [5.74, 6) is -0.597.